The molecule has 1 N–H and O–H groups in total. The zero-order valence-electron chi connectivity index (χ0n) is 9.51. The van der Waals surface area contributed by atoms with Crippen LogP contribution >= 0.6 is 0 Å². The maximum Gasteiger partial charge on any atom is 0.215 e. The summed E-state index contributed by atoms with van der Waals surface area (Å²) in [6.45, 7) is 3.44. The molecule has 0 aromatic heterocycles. The average Bonchev–Trinajstić information content (AvgIpc) is 2.14. The second-order valence-electron chi connectivity index (χ2n) is 4.11. The van der Waals surface area contributed by atoms with Gasteiger partial charge in [0.05, 0.1) is 11.5 Å². The van der Waals surface area contributed by atoms with Gasteiger partial charge in [0.1, 0.15) is 9.84 Å². The van der Waals surface area contributed by atoms with Gasteiger partial charge in [0.15, 0.2) is 0 Å². The molecule has 8 heteroatoms. The summed E-state index contributed by atoms with van der Waals surface area (Å²) < 4.78 is 47.0. The summed E-state index contributed by atoms with van der Waals surface area (Å²) in [5.74, 6) is -0.637. The van der Waals surface area contributed by atoms with Gasteiger partial charge in [0.25, 0.3) is 0 Å². The number of hydrogen-bond acceptors (Lipinski definition) is 5. The molecule has 1 heterocycles. The van der Waals surface area contributed by atoms with E-state index >= 15 is 0 Å². The van der Waals surface area contributed by atoms with E-state index in [0.29, 0.717) is 19.6 Å². The molecule has 1 atom stereocenters. The van der Waals surface area contributed by atoms with E-state index in [0.717, 1.165) is 6.26 Å². The molecule has 1 aliphatic heterocycles. The highest BCUT2D eigenvalue weighted by Gasteiger charge is 2.29. The Kier molecular flexibility index (Phi) is 4.33. The first-order chi connectivity index (χ1) is 7.22. The second-order valence-corrected chi connectivity index (χ2v) is 8.41. The summed E-state index contributed by atoms with van der Waals surface area (Å²) in [4.78, 5) is 0. The maximum absolute atomic E-state index is 11.9. The van der Waals surface area contributed by atoms with Crippen LogP contribution in [0.4, 0.5) is 0 Å². The number of sulfonamides is 1. The van der Waals surface area contributed by atoms with Crippen molar-refractivity contribution in [3.63, 3.8) is 0 Å². The predicted octanol–water partition coefficient (Wildman–Crippen LogP) is -1.35. The first-order valence-electron chi connectivity index (χ1n) is 5.10. The Morgan fingerprint density at radius 1 is 1.25 bits per heavy atom. The molecular formula is C8H18N2O4S2. The standard InChI is InChI=1S/C8H18N2O4S2/c1-8-7-9-3-4-10(8)16(13,14)6-5-15(2,11)12/h8-9H,3-7H2,1-2H3/t8-/m0/s1. The van der Waals surface area contributed by atoms with E-state index < -0.39 is 19.9 Å². The number of hydrogen-bond donors (Lipinski definition) is 1. The van der Waals surface area contributed by atoms with Gasteiger partial charge in [0, 0.05) is 31.9 Å². The van der Waals surface area contributed by atoms with Crippen molar-refractivity contribution in [2.75, 3.05) is 37.4 Å². The van der Waals surface area contributed by atoms with Crippen LogP contribution in [0, 0.1) is 0 Å². The lowest BCUT2D eigenvalue weighted by atomic mass is 10.3. The van der Waals surface area contributed by atoms with Crippen LogP contribution in [0.25, 0.3) is 0 Å². The average molecular weight is 270 g/mol. The van der Waals surface area contributed by atoms with Crippen molar-refractivity contribution >= 4 is 19.9 Å². The minimum absolute atomic E-state index is 0.113. The molecule has 96 valence electrons. The molecule has 0 saturated carbocycles. The Balaban J connectivity index is 2.69. The molecule has 0 unspecified atom stereocenters. The van der Waals surface area contributed by atoms with Crippen LogP contribution in [-0.2, 0) is 19.9 Å². The number of sulfone groups is 1. The van der Waals surface area contributed by atoms with Crippen LogP contribution in [0.3, 0.4) is 0 Å². The smallest absolute Gasteiger partial charge is 0.215 e. The summed E-state index contributed by atoms with van der Waals surface area (Å²) in [5.41, 5.74) is 0. The van der Waals surface area contributed by atoms with Gasteiger partial charge >= 0.3 is 0 Å². The number of nitrogens with one attached hydrogen (secondary N) is 1. The van der Waals surface area contributed by atoms with Crippen LogP contribution in [0.1, 0.15) is 6.92 Å². The van der Waals surface area contributed by atoms with Gasteiger partial charge in [-0.1, -0.05) is 0 Å². The first kappa shape index (κ1) is 13.9. The van der Waals surface area contributed by atoms with Crippen molar-refractivity contribution in [1.82, 2.24) is 9.62 Å². The molecule has 0 bridgehead atoms. The topological polar surface area (TPSA) is 83.6 Å². The molecular weight excluding hydrogens is 252 g/mol. The van der Waals surface area contributed by atoms with Gasteiger partial charge in [-0.3, -0.25) is 0 Å². The second kappa shape index (κ2) is 4.99. The molecule has 0 radical (unpaired) electrons. The van der Waals surface area contributed by atoms with Gasteiger partial charge < -0.3 is 5.32 Å². The molecule has 1 rings (SSSR count). The van der Waals surface area contributed by atoms with Gasteiger partial charge in [-0.05, 0) is 6.92 Å². The van der Waals surface area contributed by atoms with E-state index in [1.807, 2.05) is 6.92 Å². The maximum atomic E-state index is 11.9. The van der Waals surface area contributed by atoms with E-state index in [9.17, 15) is 16.8 Å². The third kappa shape index (κ3) is 4.00. The van der Waals surface area contributed by atoms with Gasteiger partial charge in [-0.25, -0.2) is 16.8 Å². The number of nitrogens with zero attached hydrogens (tertiary/aromatic N) is 1. The van der Waals surface area contributed by atoms with E-state index in [1.54, 1.807) is 0 Å². The molecule has 0 spiro atoms. The normalized spacial score (nSPS) is 24.5. The summed E-state index contributed by atoms with van der Waals surface area (Å²) >= 11 is 0. The third-order valence-electron chi connectivity index (χ3n) is 2.51. The Labute approximate surface area is 97.0 Å². The van der Waals surface area contributed by atoms with Crippen LogP contribution in [0.2, 0.25) is 0 Å². The van der Waals surface area contributed by atoms with Gasteiger partial charge in [-0.15, -0.1) is 0 Å². The van der Waals surface area contributed by atoms with Crippen molar-refractivity contribution in [1.29, 1.82) is 0 Å². The number of rotatable bonds is 4. The van der Waals surface area contributed by atoms with Crippen LogP contribution in [-0.4, -0.2) is 64.6 Å². The molecule has 1 aliphatic rings. The van der Waals surface area contributed by atoms with Gasteiger partial charge in [-0.2, -0.15) is 4.31 Å². The molecule has 0 aromatic rings. The van der Waals surface area contributed by atoms with E-state index in [4.69, 9.17) is 0 Å². The lowest BCUT2D eigenvalue weighted by molar-refractivity contribution is 0.284. The van der Waals surface area contributed by atoms with Crippen molar-refractivity contribution in [3.8, 4) is 0 Å². The Hall–Kier alpha value is -0.180. The van der Waals surface area contributed by atoms with Crippen molar-refractivity contribution in [2.45, 2.75) is 13.0 Å². The highest BCUT2D eigenvalue weighted by atomic mass is 32.2. The fourth-order valence-electron chi connectivity index (χ4n) is 1.61. The Morgan fingerprint density at radius 3 is 2.38 bits per heavy atom. The van der Waals surface area contributed by atoms with E-state index in [1.165, 1.54) is 4.31 Å². The molecule has 16 heavy (non-hydrogen) atoms. The van der Waals surface area contributed by atoms with Crippen LogP contribution < -0.4 is 5.32 Å². The molecule has 0 amide bonds. The fraction of sp³-hybridized carbons (Fsp3) is 1.00. The van der Waals surface area contributed by atoms with E-state index in [-0.39, 0.29) is 17.5 Å². The summed E-state index contributed by atoms with van der Waals surface area (Å²) in [6.07, 6.45) is 1.05. The number of piperazine rings is 1. The molecule has 1 fully saturated rings. The monoisotopic (exact) mass is 270 g/mol. The quantitative estimate of drug-likeness (QED) is 0.683. The Bertz CT molecular complexity index is 429. The van der Waals surface area contributed by atoms with Crippen LogP contribution in [0.5, 0.6) is 0 Å². The zero-order chi connectivity index (χ0) is 12.4. The van der Waals surface area contributed by atoms with Crippen molar-refractivity contribution in [3.05, 3.63) is 0 Å². The minimum atomic E-state index is -3.45. The lowest BCUT2D eigenvalue weighted by Crippen LogP contribution is -2.53. The summed E-state index contributed by atoms with van der Waals surface area (Å²) in [6, 6.07) is -0.113. The zero-order valence-corrected chi connectivity index (χ0v) is 11.1. The first-order valence-corrected chi connectivity index (χ1v) is 8.77. The predicted molar refractivity (Wildman–Crippen MR) is 62.5 cm³/mol. The molecule has 0 aromatic carbocycles. The summed E-state index contributed by atoms with van der Waals surface area (Å²) in [5, 5.41) is 3.08. The molecule has 1 saturated heterocycles. The SMILES string of the molecule is C[C@H]1CNCCN1S(=O)(=O)CCS(C)(=O)=O. The van der Waals surface area contributed by atoms with Crippen molar-refractivity contribution in [2.24, 2.45) is 0 Å². The largest absolute Gasteiger partial charge is 0.314 e. The highest BCUT2D eigenvalue weighted by Crippen LogP contribution is 2.10. The van der Waals surface area contributed by atoms with Crippen molar-refractivity contribution < 1.29 is 16.8 Å². The molecule has 0 aliphatic carbocycles. The lowest BCUT2D eigenvalue weighted by Gasteiger charge is -2.32. The van der Waals surface area contributed by atoms with Gasteiger partial charge in [0.2, 0.25) is 10.0 Å². The fourth-order valence-corrected chi connectivity index (χ4v) is 4.89. The third-order valence-corrected chi connectivity index (χ3v) is 5.69. The highest BCUT2D eigenvalue weighted by molar-refractivity contribution is 7.93. The summed E-state index contributed by atoms with van der Waals surface area (Å²) in [7, 11) is -6.69. The molecule has 6 nitrogen and oxygen atoms in total. The van der Waals surface area contributed by atoms with E-state index in [2.05, 4.69) is 5.32 Å². The Morgan fingerprint density at radius 2 is 1.88 bits per heavy atom. The minimum Gasteiger partial charge on any atom is -0.314 e. The van der Waals surface area contributed by atoms with Crippen LogP contribution in [0.15, 0.2) is 0 Å².